The molecule has 0 spiro atoms. The van der Waals surface area contributed by atoms with Crippen LogP contribution >= 0.6 is 11.8 Å². The van der Waals surface area contributed by atoms with Crippen LogP contribution in [0.3, 0.4) is 0 Å². The van der Waals surface area contributed by atoms with Crippen LogP contribution in [0.2, 0.25) is 0 Å². The van der Waals surface area contributed by atoms with E-state index < -0.39 is 18.0 Å². The van der Waals surface area contributed by atoms with E-state index in [0.717, 1.165) is 0 Å². The SMILES string of the molecule is CC(O)C1C(=O)N2C(C(=O)O)=C(S[C@@H]3CNC(C(=O)N(C)C)C3)C[C@H]12. The number of amides is 2. The van der Waals surface area contributed by atoms with Gasteiger partial charge in [-0.25, -0.2) is 4.79 Å². The van der Waals surface area contributed by atoms with Crippen molar-refractivity contribution in [1.82, 2.24) is 15.1 Å². The fourth-order valence-corrected chi connectivity index (χ4v) is 5.27. The van der Waals surface area contributed by atoms with Crippen molar-refractivity contribution in [1.29, 1.82) is 0 Å². The van der Waals surface area contributed by atoms with E-state index in [9.17, 15) is 24.6 Å². The molecule has 25 heavy (non-hydrogen) atoms. The molecule has 3 unspecified atom stereocenters. The van der Waals surface area contributed by atoms with E-state index in [1.165, 1.54) is 16.7 Å². The van der Waals surface area contributed by atoms with Crippen molar-refractivity contribution >= 4 is 29.5 Å². The molecule has 138 valence electrons. The largest absolute Gasteiger partial charge is 0.477 e. The van der Waals surface area contributed by atoms with E-state index in [-0.39, 0.29) is 34.8 Å². The lowest BCUT2D eigenvalue weighted by Gasteiger charge is -2.44. The Labute approximate surface area is 150 Å². The van der Waals surface area contributed by atoms with E-state index >= 15 is 0 Å². The predicted octanol–water partition coefficient (Wildman–Crippen LogP) is -0.554. The van der Waals surface area contributed by atoms with Crippen LogP contribution in [-0.4, -0.2) is 81.9 Å². The normalized spacial score (nSPS) is 32.5. The Morgan fingerprint density at radius 3 is 2.64 bits per heavy atom. The van der Waals surface area contributed by atoms with Crippen LogP contribution in [0.1, 0.15) is 19.8 Å². The second-order valence-corrected chi connectivity index (χ2v) is 8.39. The maximum atomic E-state index is 12.2. The average molecular weight is 369 g/mol. The number of nitrogens with one attached hydrogen (secondary N) is 1. The zero-order chi connectivity index (χ0) is 18.5. The molecule has 3 aliphatic rings. The summed E-state index contributed by atoms with van der Waals surface area (Å²) in [4.78, 5) is 39.4. The molecule has 8 nitrogen and oxygen atoms in total. The minimum atomic E-state index is -1.12. The Bertz CT molecular complexity index is 648. The number of carbonyl (C=O) groups excluding carboxylic acids is 2. The number of hydrogen-bond acceptors (Lipinski definition) is 6. The first-order valence-electron chi connectivity index (χ1n) is 8.31. The summed E-state index contributed by atoms with van der Waals surface area (Å²) in [6.07, 6.45) is 0.288. The van der Waals surface area contributed by atoms with Crippen molar-refractivity contribution in [2.45, 2.75) is 43.2 Å². The molecule has 0 aromatic heterocycles. The summed E-state index contributed by atoms with van der Waals surface area (Å²) in [5, 5.41) is 22.5. The molecule has 0 saturated carbocycles. The molecule has 9 heteroatoms. The third-order valence-electron chi connectivity index (χ3n) is 5.03. The van der Waals surface area contributed by atoms with Crippen LogP contribution in [0.5, 0.6) is 0 Å². The van der Waals surface area contributed by atoms with Crippen molar-refractivity contribution in [3.63, 3.8) is 0 Å². The molecule has 5 atom stereocenters. The molecule has 2 saturated heterocycles. The number of carboxylic acid groups (broad SMARTS) is 1. The van der Waals surface area contributed by atoms with Gasteiger partial charge < -0.3 is 25.3 Å². The van der Waals surface area contributed by atoms with Crippen LogP contribution in [0, 0.1) is 5.92 Å². The van der Waals surface area contributed by atoms with Gasteiger partial charge in [0.1, 0.15) is 5.70 Å². The second kappa shape index (κ2) is 6.62. The Balaban J connectivity index is 1.71. The first-order chi connectivity index (χ1) is 11.7. The van der Waals surface area contributed by atoms with Gasteiger partial charge in [-0.05, 0) is 13.3 Å². The highest BCUT2D eigenvalue weighted by Gasteiger charge is 2.57. The smallest absolute Gasteiger partial charge is 0.353 e. The molecule has 2 fully saturated rings. The first kappa shape index (κ1) is 18.2. The Hall–Kier alpha value is -1.58. The van der Waals surface area contributed by atoms with E-state index in [4.69, 9.17) is 0 Å². The number of fused-ring (bicyclic) bond motifs is 1. The fourth-order valence-electron chi connectivity index (χ4n) is 3.83. The summed E-state index contributed by atoms with van der Waals surface area (Å²) in [5.41, 5.74) is 0.0410. The molecule has 3 N–H and O–H groups in total. The summed E-state index contributed by atoms with van der Waals surface area (Å²) < 4.78 is 0. The number of carbonyl (C=O) groups is 3. The maximum Gasteiger partial charge on any atom is 0.353 e. The lowest BCUT2D eigenvalue weighted by atomic mass is 9.83. The molecule has 0 aromatic rings. The number of carboxylic acids is 1. The Morgan fingerprint density at radius 1 is 1.40 bits per heavy atom. The summed E-state index contributed by atoms with van der Waals surface area (Å²) in [5.74, 6) is -1.96. The van der Waals surface area contributed by atoms with Crippen molar-refractivity contribution in [3.05, 3.63) is 10.6 Å². The predicted molar refractivity (Wildman–Crippen MR) is 91.6 cm³/mol. The molecule has 0 radical (unpaired) electrons. The standard InChI is InChI=1S/C16H23N3O5S/c1-7(20)12-10-5-11(13(16(23)24)19(10)15(12)22)25-8-4-9(17-6-8)14(21)18(2)3/h7-10,12,17,20H,4-6H2,1-3H3,(H,23,24)/t7?,8-,9?,10+,12?/m0/s1. The molecule has 2 amide bonds. The summed E-state index contributed by atoms with van der Waals surface area (Å²) >= 11 is 1.44. The minimum absolute atomic E-state index is 0.00938. The van der Waals surface area contributed by atoms with Crippen molar-refractivity contribution < 1.29 is 24.6 Å². The molecule has 0 bridgehead atoms. The number of likely N-dealkylation sites (N-methyl/N-ethyl adjacent to an activating group) is 1. The van der Waals surface area contributed by atoms with Crippen LogP contribution in [-0.2, 0) is 14.4 Å². The van der Waals surface area contributed by atoms with Gasteiger partial charge in [0.25, 0.3) is 0 Å². The number of thioether (sulfide) groups is 1. The molecule has 3 aliphatic heterocycles. The number of rotatable bonds is 5. The van der Waals surface area contributed by atoms with Gasteiger partial charge in [0.15, 0.2) is 0 Å². The van der Waals surface area contributed by atoms with Gasteiger partial charge >= 0.3 is 5.97 Å². The van der Waals surface area contributed by atoms with Crippen LogP contribution < -0.4 is 5.32 Å². The third kappa shape index (κ3) is 3.04. The van der Waals surface area contributed by atoms with Crippen LogP contribution in [0.4, 0.5) is 0 Å². The lowest BCUT2D eigenvalue weighted by Crippen LogP contribution is -2.61. The van der Waals surface area contributed by atoms with Gasteiger partial charge in [-0.3, -0.25) is 9.59 Å². The quantitative estimate of drug-likeness (QED) is 0.558. The van der Waals surface area contributed by atoms with E-state index in [1.807, 2.05) is 0 Å². The second-order valence-electron chi connectivity index (χ2n) is 6.99. The maximum absolute atomic E-state index is 12.2. The molecular weight excluding hydrogens is 346 g/mol. The van der Waals surface area contributed by atoms with Crippen molar-refractivity contribution in [2.75, 3.05) is 20.6 Å². The fraction of sp³-hybridized carbons (Fsp3) is 0.688. The van der Waals surface area contributed by atoms with Gasteiger partial charge in [-0.1, -0.05) is 0 Å². The molecule has 0 aromatic carbocycles. The number of aliphatic hydroxyl groups is 1. The number of nitrogens with zero attached hydrogens (tertiary/aromatic N) is 2. The summed E-state index contributed by atoms with van der Waals surface area (Å²) in [6, 6.07) is -0.527. The third-order valence-corrected chi connectivity index (χ3v) is 6.37. The van der Waals surface area contributed by atoms with Gasteiger partial charge in [0.05, 0.1) is 24.1 Å². The van der Waals surface area contributed by atoms with Gasteiger partial charge in [0, 0.05) is 37.2 Å². The van der Waals surface area contributed by atoms with Gasteiger partial charge in [0.2, 0.25) is 11.8 Å². The average Bonchev–Trinajstić information content (AvgIpc) is 3.09. The van der Waals surface area contributed by atoms with Crippen LogP contribution in [0.25, 0.3) is 0 Å². The highest BCUT2D eigenvalue weighted by molar-refractivity contribution is 8.03. The molecular formula is C16H23N3O5S. The number of hydrogen-bond donors (Lipinski definition) is 3. The van der Waals surface area contributed by atoms with E-state index in [0.29, 0.717) is 24.3 Å². The minimum Gasteiger partial charge on any atom is -0.477 e. The molecule has 0 aliphatic carbocycles. The highest BCUT2D eigenvalue weighted by Crippen LogP contribution is 2.48. The highest BCUT2D eigenvalue weighted by atomic mass is 32.2. The number of aliphatic carboxylic acids is 1. The molecule has 3 heterocycles. The number of β-lactam (4-membered cyclic amide) rings is 1. The summed E-state index contributed by atoms with van der Waals surface area (Å²) in [6.45, 7) is 2.17. The Morgan fingerprint density at radius 2 is 2.08 bits per heavy atom. The van der Waals surface area contributed by atoms with Crippen LogP contribution in [0.15, 0.2) is 10.6 Å². The monoisotopic (exact) mass is 369 g/mol. The zero-order valence-corrected chi connectivity index (χ0v) is 15.2. The van der Waals surface area contributed by atoms with Gasteiger partial charge in [-0.2, -0.15) is 0 Å². The number of aliphatic hydroxyl groups excluding tert-OH is 1. The lowest BCUT2D eigenvalue weighted by molar-refractivity contribution is -0.161. The molecule has 3 rings (SSSR count). The summed E-state index contributed by atoms with van der Waals surface area (Å²) in [7, 11) is 3.42. The zero-order valence-electron chi connectivity index (χ0n) is 14.4. The Kier molecular flexibility index (Phi) is 4.82. The van der Waals surface area contributed by atoms with Crippen molar-refractivity contribution in [3.8, 4) is 0 Å². The van der Waals surface area contributed by atoms with E-state index in [2.05, 4.69) is 5.32 Å². The first-order valence-corrected chi connectivity index (χ1v) is 9.19. The van der Waals surface area contributed by atoms with Crippen molar-refractivity contribution in [2.24, 2.45) is 5.92 Å². The van der Waals surface area contributed by atoms with Gasteiger partial charge in [-0.15, -0.1) is 11.8 Å². The topological polar surface area (TPSA) is 110 Å². The van der Waals surface area contributed by atoms with E-state index in [1.54, 1.807) is 25.9 Å².